The average molecular weight is 463 g/mol. The van der Waals surface area contributed by atoms with Crippen molar-refractivity contribution in [2.45, 2.75) is 64.1 Å². The maximum atomic E-state index is 13.2. The normalized spacial score (nSPS) is 20.8. The minimum Gasteiger partial charge on any atom is -0.399 e. The van der Waals surface area contributed by atoms with E-state index in [2.05, 4.69) is 15.6 Å². The molecule has 8 nitrogen and oxygen atoms in total. The highest BCUT2D eigenvalue weighted by Gasteiger charge is 2.45. The van der Waals surface area contributed by atoms with Crippen molar-refractivity contribution >= 4 is 29.3 Å². The summed E-state index contributed by atoms with van der Waals surface area (Å²) in [5.41, 5.74) is 14.3. The highest BCUT2D eigenvalue weighted by atomic mass is 16.2. The number of anilines is 2. The molecule has 3 amide bonds. The predicted molar refractivity (Wildman–Crippen MR) is 135 cm³/mol. The molecule has 6 N–H and O–H groups in total. The van der Waals surface area contributed by atoms with Crippen molar-refractivity contribution < 1.29 is 9.59 Å². The number of urea groups is 1. The second-order valence-corrected chi connectivity index (χ2v) is 9.59. The van der Waals surface area contributed by atoms with Crippen molar-refractivity contribution in [1.82, 2.24) is 10.2 Å². The van der Waals surface area contributed by atoms with Crippen molar-refractivity contribution in [3.63, 3.8) is 0 Å². The van der Waals surface area contributed by atoms with Crippen molar-refractivity contribution in [2.24, 2.45) is 16.6 Å². The second-order valence-electron chi connectivity index (χ2n) is 9.59. The molecule has 2 aromatic rings. The Labute approximate surface area is 200 Å². The lowest BCUT2D eigenvalue weighted by molar-refractivity contribution is -0.131. The fourth-order valence-electron chi connectivity index (χ4n) is 4.91. The predicted octanol–water partition coefficient (Wildman–Crippen LogP) is 3.98. The Bertz CT molecular complexity index is 1060. The number of amides is 3. The van der Waals surface area contributed by atoms with Crippen LogP contribution in [0.1, 0.15) is 56.6 Å². The smallest absolute Gasteiger partial charge is 0.319 e. The lowest BCUT2D eigenvalue weighted by atomic mass is 9.80. The lowest BCUT2D eigenvalue weighted by Crippen LogP contribution is -2.43. The Morgan fingerprint density at radius 1 is 1.09 bits per heavy atom. The maximum Gasteiger partial charge on any atom is 0.319 e. The number of carbonyl (C=O) groups is 2. The van der Waals surface area contributed by atoms with Gasteiger partial charge in [-0.3, -0.25) is 9.69 Å². The van der Waals surface area contributed by atoms with Gasteiger partial charge in [-0.1, -0.05) is 62.4 Å². The molecular formula is C26H34N6O2. The number of guanidine groups is 1. The van der Waals surface area contributed by atoms with E-state index >= 15 is 0 Å². The fourth-order valence-corrected chi connectivity index (χ4v) is 4.91. The summed E-state index contributed by atoms with van der Waals surface area (Å²) in [7, 11) is 0. The van der Waals surface area contributed by atoms with Gasteiger partial charge in [-0.15, -0.1) is 0 Å². The van der Waals surface area contributed by atoms with E-state index in [1.807, 2.05) is 31.2 Å². The van der Waals surface area contributed by atoms with E-state index in [4.69, 9.17) is 11.5 Å². The summed E-state index contributed by atoms with van der Waals surface area (Å²) < 4.78 is 0. The highest BCUT2D eigenvalue weighted by molar-refractivity contribution is 6.06. The number of carbonyl (C=O) groups excluding carboxylic acids is 2. The number of hydrogen-bond acceptors (Lipinski definition) is 5. The number of nitrogens with two attached hydrogens (primary N) is 2. The molecular weight excluding hydrogens is 428 g/mol. The van der Waals surface area contributed by atoms with Gasteiger partial charge in [0.15, 0.2) is 5.96 Å². The zero-order chi connectivity index (χ0) is 24.1. The van der Waals surface area contributed by atoms with Crippen LogP contribution in [-0.2, 0) is 17.9 Å². The minimum atomic E-state index is -0.757. The quantitative estimate of drug-likeness (QED) is 0.464. The Morgan fingerprint density at radius 2 is 1.79 bits per heavy atom. The van der Waals surface area contributed by atoms with Gasteiger partial charge in [0.1, 0.15) is 5.54 Å². The first-order valence-corrected chi connectivity index (χ1v) is 12.0. The van der Waals surface area contributed by atoms with E-state index in [-0.39, 0.29) is 11.9 Å². The van der Waals surface area contributed by atoms with Crippen LogP contribution in [0.25, 0.3) is 0 Å². The van der Waals surface area contributed by atoms with Gasteiger partial charge < -0.3 is 22.1 Å². The van der Waals surface area contributed by atoms with Crippen LogP contribution in [0.5, 0.6) is 0 Å². The molecule has 2 aliphatic rings. The van der Waals surface area contributed by atoms with Gasteiger partial charge in [0.25, 0.3) is 5.91 Å². The molecule has 0 spiro atoms. The van der Waals surface area contributed by atoms with Gasteiger partial charge >= 0.3 is 6.03 Å². The molecule has 1 heterocycles. The molecule has 8 heteroatoms. The van der Waals surface area contributed by atoms with Crippen LogP contribution in [-0.4, -0.2) is 28.3 Å². The van der Waals surface area contributed by atoms with Crippen LogP contribution >= 0.6 is 0 Å². The second kappa shape index (κ2) is 10.2. The van der Waals surface area contributed by atoms with Gasteiger partial charge in [-0.05, 0) is 48.6 Å². The molecule has 0 saturated heterocycles. The lowest BCUT2D eigenvalue weighted by Gasteiger charge is -2.29. The Hall–Kier alpha value is -3.55. The van der Waals surface area contributed by atoms with Gasteiger partial charge in [0.05, 0.1) is 6.54 Å². The molecule has 1 fully saturated rings. The highest BCUT2D eigenvalue weighted by Crippen LogP contribution is 2.35. The first-order chi connectivity index (χ1) is 16.3. The Morgan fingerprint density at radius 3 is 2.50 bits per heavy atom. The van der Waals surface area contributed by atoms with Gasteiger partial charge in [0.2, 0.25) is 0 Å². The summed E-state index contributed by atoms with van der Waals surface area (Å²) in [6.07, 6.45) is 6.88. The zero-order valence-electron chi connectivity index (χ0n) is 19.7. The summed E-state index contributed by atoms with van der Waals surface area (Å²) in [5.74, 6) is 0.828. The summed E-state index contributed by atoms with van der Waals surface area (Å²) in [4.78, 5) is 31.5. The number of hydrogen-bond donors (Lipinski definition) is 4. The monoisotopic (exact) mass is 462 g/mol. The summed E-state index contributed by atoms with van der Waals surface area (Å²) in [6.45, 7) is 2.68. The number of nitrogens with zero attached hydrogens (tertiary/aromatic N) is 2. The third kappa shape index (κ3) is 5.68. The van der Waals surface area contributed by atoms with Gasteiger partial charge in [0, 0.05) is 17.9 Å². The molecule has 0 aromatic heterocycles. The molecule has 180 valence electrons. The van der Waals surface area contributed by atoms with E-state index in [9.17, 15) is 9.59 Å². The molecule has 4 rings (SSSR count). The van der Waals surface area contributed by atoms with Gasteiger partial charge in [-0.2, -0.15) is 0 Å². The van der Waals surface area contributed by atoms with Crippen LogP contribution in [0.4, 0.5) is 16.2 Å². The standard InChI is InChI=1S/C26H34N6O2/c1-26(15-18-6-3-2-4-7-18)23(33)32(24(28)31-26)17-20-12-10-19(11-13-20)16-29-25(34)30-22-9-5-8-21(27)14-22/h5,8-14,18H,2-4,6-7,15-17,27H2,1H3,(H2,28,31)(H2,29,30,34). The number of rotatable bonds is 7. The van der Waals surface area contributed by atoms with Crippen LogP contribution in [0.15, 0.2) is 53.5 Å². The third-order valence-electron chi connectivity index (χ3n) is 6.72. The molecule has 34 heavy (non-hydrogen) atoms. The average Bonchev–Trinajstić information content (AvgIpc) is 3.02. The van der Waals surface area contributed by atoms with Crippen LogP contribution in [0, 0.1) is 5.92 Å². The Balaban J connectivity index is 1.29. The van der Waals surface area contributed by atoms with E-state index in [1.165, 1.54) is 32.1 Å². The summed E-state index contributed by atoms with van der Waals surface area (Å²) >= 11 is 0. The van der Waals surface area contributed by atoms with Gasteiger partial charge in [-0.25, -0.2) is 9.79 Å². The topological polar surface area (TPSA) is 126 Å². The largest absolute Gasteiger partial charge is 0.399 e. The van der Waals surface area contributed by atoms with Crippen LogP contribution < -0.4 is 22.1 Å². The first kappa shape index (κ1) is 23.6. The molecule has 1 unspecified atom stereocenters. The van der Waals surface area contributed by atoms with Crippen molar-refractivity contribution in [2.75, 3.05) is 11.1 Å². The first-order valence-electron chi connectivity index (χ1n) is 12.0. The van der Waals surface area contributed by atoms with Crippen LogP contribution in [0.2, 0.25) is 0 Å². The fraction of sp³-hybridized carbons (Fsp3) is 0.423. The Kier molecular flexibility index (Phi) is 7.05. The van der Waals surface area contributed by atoms with E-state index in [0.717, 1.165) is 17.5 Å². The van der Waals surface area contributed by atoms with E-state index in [1.54, 1.807) is 29.2 Å². The number of nitrogen functional groups attached to an aromatic ring is 1. The minimum absolute atomic E-state index is 0.0143. The van der Waals surface area contributed by atoms with E-state index in [0.29, 0.717) is 36.3 Å². The molecule has 1 aliphatic heterocycles. The summed E-state index contributed by atoms with van der Waals surface area (Å²) in [5, 5.41) is 5.59. The molecule has 0 bridgehead atoms. The molecule has 0 radical (unpaired) electrons. The molecule has 1 atom stereocenters. The SMILES string of the molecule is CC1(CC2CCCCC2)N=C(N)N(Cc2ccc(CNC(=O)Nc3cccc(N)c3)cc2)C1=O. The molecule has 1 aliphatic carbocycles. The molecule has 2 aromatic carbocycles. The van der Waals surface area contributed by atoms with Crippen molar-refractivity contribution in [3.8, 4) is 0 Å². The van der Waals surface area contributed by atoms with E-state index < -0.39 is 5.54 Å². The number of benzene rings is 2. The maximum absolute atomic E-state index is 13.2. The summed E-state index contributed by atoms with van der Waals surface area (Å²) in [6, 6.07) is 14.5. The van der Waals surface area contributed by atoms with Crippen molar-refractivity contribution in [3.05, 3.63) is 59.7 Å². The number of aliphatic imine (C=N–C) groups is 1. The van der Waals surface area contributed by atoms with Crippen molar-refractivity contribution in [1.29, 1.82) is 0 Å². The number of nitrogens with one attached hydrogen (secondary N) is 2. The van der Waals surface area contributed by atoms with Crippen LogP contribution in [0.3, 0.4) is 0 Å². The third-order valence-corrected chi connectivity index (χ3v) is 6.72. The molecule has 1 saturated carbocycles. The zero-order valence-corrected chi connectivity index (χ0v) is 19.7.